The van der Waals surface area contributed by atoms with Gasteiger partial charge < -0.3 is 20.5 Å². The second-order valence-corrected chi connectivity index (χ2v) is 5.07. The monoisotopic (exact) mass is 518 g/mol. The van der Waals surface area contributed by atoms with Crippen molar-refractivity contribution in [2.75, 3.05) is 11.9 Å². The van der Waals surface area contributed by atoms with Gasteiger partial charge in [0.05, 0.1) is 6.54 Å². The number of nitrogens with one attached hydrogen (secondary N) is 1. The summed E-state index contributed by atoms with van der Waals surface area (Å²) in [6, 6.07) is 8.05. The van der Waals surface area contributed by atoms with Crippen molar-refractivity contribution in [2.24, 2.45) is 10.7 Å². The molecule has 0 aliphatic heterocycles. The van der Waals surface area contributed by atoms with E-state index in [9.17, 15) is 22.0 Å². The number of nitrogens with two attached hydrogens (primary N) is 1. The summed E-state index contributed by atoms with van der Waals surface area (Å²) in [6.07, 6.45) is -6.02. The van der Waals surface area contributed by atoms with Crippen molar-refractivity contribution in [3.63, 3.8) is 0 Å². The molecular weight excluding hydrogens is 502 g/mol. The highest BCUT2D eigenvalue weighted by atomic mass is 127. The summed E-state index contributed by atoms with van der Waals surface area (Å²) in [5.41, 5.74) is 6.53. The first-order valence-corrected chi connectivity index (χ1v) is 7.50. The van der Waals surface area contributed by atoms with Crippen molar-refractivity contribution < 1.29 is 31.4 Å². The molecule has 6 nitrogen and oxygen atoms in total. The molecule has 0 bridgehead atoms. The number of benzene rings is 1. The molecule has 28 heavy (non-hydrogen) atoms. The number of anilines is 1. The minimum absolute atomic E-state index is 0. The molecule has 1 aromatic carbocycles. The first-order valence-electron chi connectivity index (χ1n) is 7.50. The van der Waals surface area contributed by atoms with Crippen LogP contribution in [-0.2, 0) is 6.54 Å². The Morgan fingerprint density at radius 3 is 2.46 bits per heavy atom. The van der Waals surface area contributed by atoms with E-state index in [1.54, 1.807) is 12.1 Å². The van der Waals surface area contributed by atoms with Crippen LogP contribution in [0.4, 0.5) is 27.6 Å². The minimum atomic E-state index is -4.77. The lowest BCUT2D eigenvalue weighted by Gasteiger charge is -2.11. The molecule has 0 saturated carbocycles. The maximum Gasteiger partial charge on any atom is 0.573 e. The second-order valence-electron chi connectivity index (χ2n) is 5.07. The number of ether oxygens (including phenoxy) is 2. The first-order chi connectivity index (χ1) is 12.7. The Morgan fingerprint density at radius 2 is 1.86 bits per heavy atom. The first kappa shape index (κ1) is 23.7. The Hall–Kier alpha value is -2.38. The molecule has 0 amide bonds. The highest BCUT2D eigenvalue weighted by Gasteiger charge is 2.30. The molecule has 2 rings (SSSR count). The van der Waals surface area contributed by atoms with Crippen LogP contribution in [0, 0.1) is 0 Å². The number of alkyl halides is 5. The zero-order valence-corrected chi connectivity index (χ0v) is 16.4. The maximum absolute atomic E-state index is 12.2. The van der Waals surface area contributed by atoms with Crippen molar-refractivity contribution in [1.29, 1.82) is 0 Å². The summed E-state index contributed by atoms with van der Waals surface area (Å²) in [5.74, 6) is -0.397. The number of aromatic nitrogens is 1. The van der Waals surface area contributed by atoms with Gasteiger partial charge in [0.1, 0.15) is 5.75 Å². The average molecular weight is 518 g/mol. The zero-order chi connectivity index (χ0) is 19.9. The fraction of sp³-hybridized carbons (Fsp3) is 0.250. The molecule has 0 unspecified atom stereocenters. The predicted octanol–water partition coefficient (Wildman–Crippen LogP) is 4.17. The number of rotatable bonds is 7. The molecule has 0 fully saturated rings. The number of pyridine rings is 1. The van der Waals surface area contributed by atoms with Gasteiger partial charge in [-0.2, -0.15) is 0 Å². The van der Waals surface area contributed by atoms with E-state index in [1.165, 1.54) is 18.3 Å². The molecule has 0 atom stereocenters. The Kier molecular flexibility index (Phi) is 9.15. The lowest BCUT2D eigenvalue weighted by molar-refractivity contribution is -0.274. The Morgan fingerprint density at radius 1 is 1.18 bits per heavy atom. The smallest absolute Gasteiger partial charge is 0.471 e. The summed E-state index contributed by atoms with van der Waals surface area (Å²) in [6.45, 7) is -0.797. The van der Waals surface area contributed by atoms with Crippen LogP contribution >= 0.6 is 24.0 Å². The molecule has 0 saturated heterocycles. The van der Waals surface area contributed by atoms with E-state index in [0.29, 0.717) is 11.3 Å². The summed E-state index contributed by atoms with van der Waals surface area (Å²) in [7, 11) is 0. The third kappa shape index (κ3) is 8.54. The molecule has 0 aliphatic rings. The van der Waals surface area contributed by atoms with Crippen LogP contribution in [0.15, 0.2) is 47.6 Å². The summed E-state index contributed by atoms with van der Waals surface area (Å²) < 4.78 is 69.5. The van der Waals surface area contributed by atoms with Gasteiger partial charge in [-0.1, -0.05) is 6.07 Å². The Balaban J connectivity index is 0.00000392. The van der Waals surface area contributed by atoms with Crippen LogP contribution in [0.2, 0.25) is 0 Å². The van der Waals surface area contributed by atoms with Crippen molar-refractivity contribution in [2.45, 2.75) is 19.3 Å². The molecule has 0 aliphatic carbocycles. The van der Waals surface area contributed by atoms with E-state index in [1.807, 2.05) is 0 Å². The molecule has 12 heteroatoms. The van der Waals surface area contributed by atoms with E-state index in [2.05, 4.69) is 20.0 Å². The molecule has 1 heterocycles. The third-order valence-corrected chi connectivity index (χ3v) is 2.98. The predicted molar refractivity (Wildman–Crippen MR) is 103 cm³/mol. The molecule has 0 radical (unpaired) electrons. The number of aliphatic imine (C=N–C) groups is 1. The summed E-state index contributed by atoms with van der Waals surface area (Å²) in [5, 5.41) is 2.68. The van der Waals surface area contributed by atoms with Crippen LogP contribution < -0.4 is 20.5 Å². The molecule has 1 aromatic heterocycles. The van der Waals surface area contributed by atoms with E-state index in [0.717, 1.165) is 12.1 Å². The molecular formula is C16H16F5IN4O2. The van der Waals surface area contributed by atoms with Gasteiger partial charge in [-0.05, 0) is 30.3 Å². The normalized spacial score (nSPS) is 11.7. The highest BCUT2D eigenvalue weighted by Crippen LogP contribution is 2.24. The highest BCUT2D eigenvalue weighted by molar-refractivity contribution is 14.0. The van der Waals surface area contributed by atoms with Gasteiger partial charge in [0.2, 0.25) is 5.88 Å². The molecule has 3 N–H and O–H groups in total. The van der Waals surface area contributed by atoms with Gasteiger partial charge >= 0.3 is 6.36 Å². The number of halogens is 6. The topological polar surface area (TPSA) is 81.8 Å². The van der Waals surface area contributed by atoms with Crippen molar-refractivity contribution in [3.05, 3.63) is 48.2 Å². The fourth-order valence-electron chi connectivity index (χ4n) is 1.91. The van der Waals surface area contributed by atoms with Gasteiger partial charge in [0.15, 0.2) is 12.6 Å². The Labute approximate surface area is 174 Å². The Bertz CT molecular complexity index is 772. The average Bonchev–Trinajstić information content (AvgIpc) is 2.59. The van der Waals surface area contributed by atoms with Gasteiger partial charge in [-0.25, -0.2) is 18.8 Å². The van der Waals surface area contributed by atoms with Crippen LogP contribution in [0.25, 0.3) is 0 Å². The van der Waals surface area contributed by atoms with E-state index in [4.69, 9.17) is 10.5 Å². The van der Waals surface area contributed by atoms with E-state index in [-0.39, 0.29) is 48.1 Å². The van der Waals surface area contributed by atoms with E-state index < -0.39 is 19.4 Å². The fourth-order valence-corrected chi connectivity index (χ4v) is 1.91. The standard InChI is InChI=1S/C16H15F5N4O2.HI/c17-13(18)9-26-14-10(2-1-7-23-14)8-24-15(22)25-11-3-5-12(6-4-11)27-16(19,20)21;/h1-7,13H,8-9H2,(H3,22,24,25);1H. The van der Waals surface area contributed by atoms with Crippen LogP contribution in [0.3, 0.4) is 0 Å². The summed E-state index contributed by atoms with van der Waals surface area (Å²) >= 11 is 0. The molecule has 2 aromatic rings. The second kappa shape index (κ2) is 10.8. The van der Waals surface area contributed by atoms with Gasteiger partial charge in [0.25, 0.3) is 6.43 Å². The molecule has 154 valence electrons. The van der Waals surface area contributed by atoms with Gasteiger partial charge in [0, 0.05) is 17.4 Å². The lowest BCUT2D eigenvalue weighted by Crippen LogP contribution is -2.22. The van der Waals surface area contributed by atoms with Crippen LogP contribution in [0.1, 0.15) is 5.56 Å². The number of guanidine groups is 1. The van der Waals surface area contributed by atoms with Crippen LogP contribution in [0.5, 0.6) is 11.6 Å². The zero-order valence-electron chi connectivity index (χ0n) is 14.1. The minimum Gasteiger partial charge on any atom is -0.471 e. The van der Waals surface area contributed by atoms with Gasteiger partial charge in [-0.3, -0.25) is 0 Å². The van der Waals surface area contributed by atoms with Crippen molar-refractivity contribution in [3.8, 4) is 11.6 Å². The van der Waals surface area contributed by atoms with E-state index >= 15 is 0 Å². The quantitative estimate of drug-likeness (QED) is 0.249. The number of nitrogens with zero attached hydrogens (tertiary/aromatic N) is 2. The van der Waals surface area contributed by atoms with Gasteiger partial charge in [-0.15, -0.1) is 37.1 Å². The summed E-state index contributed by atoms with van der Waals surface area (Å²) in [4.78, 5) is 7.88. The van der Waals surface area contributed by atoms with Crippen molar-refractivity contribution in [1.82, 2.24) is 4.98 Å². The number of hydrogen-bond donors (Lipinski definition) is 2. The third-order valence-electron chi connectivity index (χ3n) is 2.98. The lowest BCUT2D eigenvalue weighted by atomic mass is 10.3. The SMILES string of the molecule is I.NC(=NCc1cccnc1OCC(F)F)Nc1ccc(OC(F)(F)F)cc1. The largest absolute Gasteiger partial charge is 0.573 e. The van der Waals surface area contributed by atoms with Crippen LogP contribution in [-0.4, -0.2) is 30.3 Å². The maximum atomic E-state index is 12.2. The van der Waals surface area contributed by atoms with Crippen molar-refractivity contribution >= 4 is 35.6 Å². The molecule has 0 spiro atoms. The number of hydrogen-bond acceptors (Lipinski definition) is 4.